The normalized spacial score (nSPS) is 19.4. The molecule has 1 aromatic rings. The van der Waals surface area contributed by atoms with E-state index in [9.17, 15) is 10.0 Å². The first kappa shape index (κ1) is 25.5. The van der Waals surface area contributed by atoms with Crippen LogP contribution in [0.25, 0.3) is 0 Å². The van der Waals surface area contributed by atoms with Crippen molar-refractivity contribution < 1.29 is 28.8 Å². The molecule has 1 aliphatic rings. The highest BCUT2D eigenvalue weighted by molar-refractivity contribution is 5.60. The summed E-state index contributed by atoms with van der Waals surface area (Å²) in [7, 11) is 1.65. The zero-order valence-electron chi connectivity index (χ0n) is 20.3. The van der Waals surface area contributed by atoms with E-state index in [1.54, 1.807) is 27.9 Å². The number of benzene rings is 1. The fourth-order valence-corrected chi connectivity index (χ4v) is 3.54. The number of nitrogens with zero attached hydrogens (tertiary/aromatic N) is 3. The summed E-state index contributed by atoms with van der Waals surface area (Å²) in [5, 5.41) is 17.9. The summed E-state index contributed by atoms with van der Waals surface area (Å²) in [5.74, 6) is 1.19. The molecule has 0 aromatic heterocycles. The fraction of sp³-hybridized carbons (Fsp3) is 0.696. The number of hydrazine groups is 1. The Bertz CT molecular complexity index is 767. The van der Waals surface area contributed by atoms with Gasteiger partial charge >= 0.3 is 6.16 Å². The van der Waals surface area contributed by atoms with Crippen molar-refractivity contribution in [3.05, 3.63) is 35.0 Å². The fourth-order valence-electron chi connectivity index (χ4n) is 3.54. The Morgan fingerprint density at radius 3 is 2.38 bits per heavy atom. The Hall–Kier alpha value is -2.71. The zero-order chi connectivity index (χ0) is 23.9. The minimum Gasteiger partial charge on any atom is -0.569 e. The van der Waals surface area contributed by atoms with Gasteiger partial charge in [-0.2, -0.15) is 0 Å². The average molecular weight is 452 g/mol. The van der Waals surface area contributed by atoms with Crippen LogP contribution in [0.2, 0.25) is 0 Å². The van der Waals surface area contributed by atoms with E-state index in [1.807, 2.05) is 32.9 Å². The SMILES string of the molecule is COc1ccc([C@@H]2CC[C@H](O/N=[N+](\[O-])N(CCOC(=O)OC(C)(C)C)C(C)(C)C)C2)cc1. The Balaban J connectivity index is 1.89. The van der Waals surface area contributed by atoms with E-state index < -0.39 is 17.3 Å². The molecule has 1 saturated carbocycles. The van der Waals surface area contributed by atoms with Gasteiger partial charge in [0.25, 0.3) is 0 Å². The molecule has 0 saturated heterocycles. The van der Waals surface area contributed by atoms with Gasteiger partial charge in [0.1, 0.15) is 30.6 Å². The number of methoxy groups -OCH3 is 1. The third kappa shape index (κ3) is 8.09. The van der Waals surface area contributed by atoms with Crippen LogP contribution in [0.5, 0.6) is 5.75 Å². The quantitative estimate of drug-likeness (QED) is 0.232. The van der Waals surface area contributed by atoms with Crippen LogP contribution >= 0.6 is 0 Å². The molecule has 1 fully saturated rings. The summed E-state index contributed by atoms with van der Waals surface area (Å²) in [4.78, 5) is 17.7. The van der Waals surface area contributed by atoms with Crippen LogP contribution in [0.4, 0.5) is 4.79 Å². The molecule has 9 heteroatoms. The molecule has 32 heavy (non-hydrogen) atoms. The van der Waals surface area contributed by atoms with E-state index in [0.717, 1.165) is 25.0 Å². The van der Waals surface area contributed by atoms with Crippen molar-refractivity contribution >= 4 is 6.16 Å². The van der Waals surface area contributed by atoms with Crippen molar-refractivity contribution in [1.29, 1.82) is 0 Å². The first-order valence-electron chi connectivity index (χ1n) is 11.0. The molecule has 180 valence electrons. The predicted octanol–water partition coefficient (Wildman–Crippen LogP) is 5.19. The van der Waals surface area contributed by atoms with Gasteiger partial charge in [-0.3, -0.25) is 0 Å². The Kier molecular flexibility index (Phi) is 8.58. The second-order valence-corrected chi connectivity index (χ2v) is 9.95. The van der Waals surface area contributed by atoms with Crippen LogP contribution in [0.15, 0.2) is 29.5 Å². The molecule has 0 spiro atoms. The molecule has 0 radical (unpaired) electrons. The molecule has 0 amide bonds. The molecule has 0 aliphatic heterocycles. The van der Waals surface area contributed by atoms with Crippen LogP contribution in [-0.2, 0) is 14.3 Å². The maximum Gasteiger partial charge on any atom is 0.508 e. The third-order valence-corrected chi connectivity index (χ3v) is 5.13. The summed E-state index contributed by atoms with van der Waals surface area (Å²) < 4.78 is 15.4. The summed E-state index contributed by atoms with van der Waals surface area (Å²) in [6.07, 6.45) is 1.69. The Labute approximate surface area is 190 Å². The van der Waals surface area contributed by atoms with Gasteiger partial charge in [-0.25, -0.2) is 4.79 Å². The van der Waals surface area contributed by atoms with Gasteiger partial charge in [-0.05, 0) is 84.4 Å². The van der Waals surface area contributed by atoms with Gasteiger partial charge in [0.05, 0.1) is 17.6 Å². The second-order valence-electron chi connectivity index (χ2n) is 9.95. The first-order chi connectivity index (χ1) is 14.9. The van der Waals surface area contributed by atoms with Gasteiger partial charge in [0, 0.05) is 0 Å². The van der Waals surface area contributed by atoms with Crippen molar-refractivity contribution in [1.82, 2.24) is 5.01 Å². The molecule has 0 bridgehead atoms. The van der Waals surface area contributed by atoms with Gasteiger partial charge in [-0.1, -0.05) is 12.1 Å². The highest BCUT2D eigenvalue weighted by atomic mass is 16.7. The van der Waals surface area contributed by atoms with E-state index >= 15 is 0 Å². The smallest absolute Gasteiger partial charge is 0.508 e. The molecule has 0 unspecified atom stereocenters. The van der Waals surface area contributed by atoms with Gasteiger partial charge in [0.15, 0.2) is 0 Å². The summed E-state index contributed by atoms with van der Waals surface area (Å²) in [5.41, 5.74) is 0.0404. The Morgan fingerprint density at radius 1 is 1.16 bits per heavy atom. The average Bonchev–Trinajstić information content (AvgIpc) is 3.16. The third-order valence-electron chi connectivity index (χ3n) is 5.13. The topological polar surface area (TPSA) is 95.7 Å². The number of hydrogen-bond acceptors (Lipinski definition) is 7. The summed E-state index contributed by atoms with van der Waals surface area (Å²) >= 11 is 0. The summed E-state index contributed by atoms with van der Waals surface area (Å²) in [6.45, 7) is 11.0. The van der Waals surface area contributed by atoms with Crippen LogP contribution in [0, 0.1) is 5.21 Å². The number of carbonyl (C=O) groups excluding carboxylic acids is 1. The highest BCUT2D eigenvalue weighted by Crippen LogP contribution is 2.36. The minimum absolute atomic E-state index is 0.0105. The molecule has 1 aliphatic carbocycles. The van der Waals surface area contributed by atoms with Gasteiger partial charge in [0.2, 0.25) is 5.28 Å². The van der Waals surface area contributed by atoms with E-state index in [4.69, 9.17) is 19.0 Å². The lowest BCUT2D eigenvalue weighted by Gasteiger charge is -2.30. The van der Waals surface area contributed by atoms with E-state index in [-0.39, 0.29) is 19.3 Å². The molecule has 1 aromatic carbocycles. The van der Waals surface area contributed by atoms with Crippen molar-refractivity contribution in [2.75, 3.05) is 20.3 Å². The summed E-state index contributed by atoms with van der Waals surface area (Å²) in [6, 6.07) is 8.03. The monoisotopic (exact) mass is 451 g/mol. The lowest BCUT2D eigenvalue weighted by Crippen LogP contribution is -2.47. The van der Waals surface area contributed by atoms with Crippen molar-refractivity contribution in [2.24, 2.45) is 5.28 Å². The maximum atomic E-state index is 12.6. The van der Waals surface area contributed by atoms with E-state index in [0.29, 0.717) is 10.9 Å². The van der Waals surface area contributed by atoms with Crippen molar-refractivity contribution in [3.8, 4) is 5.75 Å². The molecule has 9 nitrogen and oxygen atoms in total. The highest BCUT2D eigenvalue weighted by Gasteiger charge is 2.32. The standard InChI is InChI=1S/C23H37N3O6/c1-22(2,3)25(14-15-30-21(27)31-23(4,5)6)26(28)24-32-20-13-10-18(16-20)17-8-11-19(29-7)12-9-17/h8-9,11-12,18,20H,10,13-16H2,1-7H3/b26-24-/t18-,20+/m1/s1. The lowest BCUT2D eigenvalue weighted by atomic mass is 9.98. The zero-order valence-corrected chi connectivity index (χ0v) is 20.3. The molecule has 2 atom stereocenters. The first-order valence-corrected chi connectivity index (χ1v) is 11.0. The number of hydrogen-bond donors (Lipinski definition) is 0. The molecule has 2 rings (SSSR count). The van der Waals surface area contributed by atoms with Crippen molar-refractivity contribution in [3.63, 3.8) is 0 Å². The number of carbonyl (C=O) groups is 1. The maximum absolute atomic E-state index is 12.6. The molecular weight excluding hydrogens is 414 g/mol. The molecule has 0 heterocycles. The van der Waals surface area contributed by atoms with Crippen LogP contribution in [-0.4, -0.2) is 53.6 Å². The lowest BCUT2D eigenvalue weighted by molar-refractivity contribution is -0.726. The van der Waals surface area contributed by atoms with E-state index in [1.165, 1.54) is 10.6 Å². The van der Waals surface area contributed by atoms with Gasteiger partial charge < -0.3 is 24.3 Å². The van der Waals surface area contributed by atoms with Crippen LogP contribution in [0.1, 0.15) is 72.3 Å². The Morgan fingerprint density at radius 2 is 1.81 bits per heavy atom. The number of rotatable bonds is 8. The predicted molar refractivity (Wildman–Crippen MR) is 119 cm³/mol. The molecule has 0 N–H and O–H groups in total. The van der Waals surface area contributed by atoms with Crippen LogP contribution in [0.3, 0.4) is 0 Å². The van der Waals surface area contributed by atoms with Crippen molar-refractivity contribution in [2.45, 2.75) is 84.0 Å². The molecular formula is C23H37N3O6. The minimum atomic E-state index is -0.771. The second kappa shape index (κ2) is 10.7. The number of ether oxygens (including phenoxy) is 3. The largest absolute Gasteiger partial charge is 0.569 e. The van der Waals surface area contributed by atoms with Crippen LogP contribution < -0.4 is 4.74 Å². The van der Waals surface area contributed by atoms with E-state index in [2.05, 4.69) is 17.4 Å². The van der Waals surface area contributed by atoms with Gasteiger partial charge in [-0.15, -0.1) is 5.01 Å².